The minimum atomic E-state index is -3.43. The van der Waals surface area contributed by atoms with Gasteiger partial charge in [0.15, 0.2) is 22.5 Å². The number of carboxylic acid groups (broad SMARTS) is 1. The number of likely N-dealkylation sites (tertiary alicyclic amines) is 1. The van der Waals surface area contributed by atoms with Crippen LogP contribution in [0.2, 0.25) is 5.02 Å². The lowest BCUT2D eigenvalue weighted by Crippen LogP contribution is -2.50. The van der Waals surface area contributed by atoms with Gasteiger partial charge in [-0.15, -0.1) is 11.3 Å². The molecule has 0 saturated carbocycles. The summed E-state index contributed by atoms with van der Waals surface area (Å²) in [5.41, 5.74) is -2.02. The van der Waals surface area contributed by atoms with Crippen LogP contribution in [-0.4, -0.2) is 94.9 Å². The van der Waals surface area contributed by atoms with E-state index in [-0.39, 0.29) is 42.4 Å². The van der Waals surface area contributed by atoms with Gasteiger partial charge in [0.25, 0.3) is 5.92 Å². The van der Waals surface area contributed by atoms with E-state index in [1.165, 1.54) is 28.5 Å². The van der Waals surface area contributed by atoms with Crippen LogP contribution in [0.3, 0.4) is 0 Å². The molecule has 2 N–H and O–H groups in total. The first-order valence-corrected chi connectivity index (χ1v) is 15.1. The maximum atomic E-state index is 15.6. The van der Waals surface area contributed by atoms with Crippen LogP contribution in [0.25, 0.3) is 0 Å². The maximum absolute atomic E-state index is 15.6. The average Bonchev–Trinajstić information content (AvgIpc) is 3.71. The number of amidine groups is 1. The van der Waals surface area contributed by atoms with Gasteiger partial charge in [0.2, 0.25) is 0 Å². The number of hydrogen-bond donors (Lipinski definition) is 2. The smallest absolute Gasteiger partial charge is 0.338 e. The second-order valence-corrected chi connectivity index (χ2v) is 12.6. The van der Waals surface area contributed by atoms with Crippen molar-refractivity contribution in [1.29, 1.82) is 0 Å². The Kier molecular flexibility index (Phi) is 9.26. The predicted molar refractivity (Wildman–Crippen MR) is 153 cm³/mol. The third kappa shape index (κ3) is 6.17. The van der Waals surface area contributed by atoms with Crippen LogP contribution >= 0.6 is 22.9 Å². The standard InChI is InChI=1S/C28H29ClF5N5O5S/c1-4-43-25(40)18-15(36-23(24-35-7-8-45-24)37-21(18)13-5-6-14(30)20(32)19(13)29)9-38-12-28(33,34)22-16(38)11-44-39(22)10-17(31)27(2,3)26(41)42/h5-8,16-17,21-22H,4,9-12H2,1-3H3,(H,36,37)(H,41,42)/t16-,17+,21-,22+/m0/s1. The van der Waals surface area contributed by atoms with E-state index < -0.39 is 77.3 Å². The van der Waals surface area contributed by atoms with Crippen molar-refractivity contribution < 1.29 is 46.2 Å². The van der Waals surface area contributed by atoms with Gasteiger partial charge in [-0.25, -0.2) is 31.7 Å². The summed E-state index contributed by atoms with van der Waals surface area (Å²) in [7, 11) is 0. The first-order chi connectivity index (χ1) is 21.2. The lowest BCUT2D eigenvalue weighted by molar-refractivity contribution is -0.196. The monoisotopic (exact) mass is 677 g/mol. The Morgan fingerprint density at radius 1 is 1.33 bits per heavy atom. The highest BCUT2D eigenvalue weighted by Crippen LogP contribution is 2.43. The summed E-state index contributed by atoms with van der Waals surface area (Å²) in [6, 6.07) is -1.95. The molecule has 0 bridgehead atoms. The minimum absolute atomic E-state index is 0.0662. The molecule has 4 atom stereocenters. The fourth-order valence-corrected chi connectivity index (χ4v) is 6.32. The molecular formula is C28H29ClF5N5O5S. The van der Waals surface area contributed by atoms with E-state index in [9.17, 15) is 23.5 Å². The number of rotatable bonds is 10. The second kappa shape index (κ2) is 12.5. The van der Waals surface area contributed by atoms with Crippen molar-refractivity contribution in [3.63, 3.8) is 0 Å². The van der Waals surface area contributed by atoms with Crippen molar-refractivity contribution in [3.8, 4) is 0 Å². The molecule has 0 spiro atoms. The molecule has 5 rings (SSSR count). The Morgan fingerprint density at radius 2 is 2.07 bits per heavy atom. The first kappa shape index (κ1) is 33.2. The number of fused-ring (bicyclic) bond motifs is 1. The molecule has 10 nitrogen and oxygen atoms in total. The molecular weight excluding hydrogens is 649 g/mol. The molecule has 17 heteroatoms. The molecule has 244 valence electrons. The van der Waals surface area contributed by atoms with E-state index in [4.69, 9.17) is 21.2 Å². The Hall–Kier alpha value is -3.18. The number of hydrogen-bond acceptors (Lipinski definition) is 10. The molecule has 3 aliphatic heterocycles. The number of thiazole rings is 1. The van der Waals surface area contributed by atoms with E-state index in [1.807, 2.05) is 0 Å². The highest BCUT2D eigenvalue weighted by atomic mass is 35.5. The zero-order valence-electron chi connectivity index (χ0n) is 24.2. The Balaban J connectivity index is 1.53. The summed E-state index contributed by atoms with van der Waals surface area (Å²) in [4.78, 5) is 40.5. The van der Waals surface area contributed by atoms with Crippen LogP contribution in [0.15, 0.2) is 40.0 Å². The fraction of sp³-hybridized carbons (Fsp3) is 0.500. The van der Waals surface area contributed by atoms with E-state index in [1.54, 1.807) is 12.3 Å². The third-order valence-electron chi connectivity index (χ3n) is 8.05. The largest absolute Gasteiger partial charge is 0.481 e. The number of halogens is 6. The van der Waals surface area contributed by atoms with Gasteiger partial charge in [0, 0.05) is 29.4 Å². The molecule has 2 fully saturated rings. The Morgan fingerprint density at radius 3 is 2.71 bits per heavy atom. The molecule has 0 amide bonds. The quantitative estimate of drug-likeness (QED) is 0.215. The molecule has 4 heterocycles. The van der Waals surface area contributed by atoms with Crippen LogP contribution in [-0.2, 0) is 19.2 Å². The number of ether oxygens (including phenoxy) is 1. The lowest BCUT2D eigenvalue weighted by Gasteiger charge is -2.31. The summed E-state index contributed by atoms with van der Waals surface area (Å²) in [5, 5.41) is 14.6. The van der Waals surface area contributed by atoms with E-state index >= 15 is 13.2 Å². The van der Waals surface area contributed by atoms with Crippen LogP contribution in [0.4, 0.5) is 22.0 Å². The molecule has 2 aromatic rings. The minimum Gasteiger partial charge on any atom is -0.481 e. The number of carboxylic acids is 1. The Labute approximate surface area is 263 Å². The van der Waals surface area contributed by atoms with Gasteiger partial charge in [-0.2, -0.15) is 5.06 Å². The number of alkyl halides is 3. The highest BCUT2D eigenvalue weighted by molar-refractivity contribution is 7.11. The number of carbonyl (C=O) groups is 2. The zero-order valence-corrected chi connectivity index (χ0v) is 25.8. The number of nitrogens with one attached hydrogen (secondary N) is 1. The maximum Gasteiger partial charge on any atom is 0.338 e. The van der Waals surface area contributed by atoms with Crippen molar-refractivity contribution in [2.24, 2.45) is 10.4 Å². The van der Waals surface area contributed by atoms with Gasteiger partial charge in [-0.1, -0.05) is 17.7 Å². The highest BCUT2D eigenvalue weighted by Gasteiger charge is 2.61. The molecule has 2 saturated heterocycles. The topological polar surface area (TPSA) is 117 Å². The van der Waals surface area contributed by atoms with Gasteiger partial charge in [-0.3, -0.25) is 19.5 Å². The molecule has 45 heavy (non-hydrogen) atoms. The van der Waals surface area contributed by atoms with E-state index in [2.05, 4.69) is 15.3 Å². The number of aliphatic carboxylic acids is 1. The first-order valence-electron chi connectivity index (χ1n) is 13.8. The van der Waals surface area contributed by atoms with Crippen LogP contribution < -0.4 is 5.32 Å². The van der Waals surface area contributed by atoms with Gasteiger partial charge < -0.3 is 15.2 Å². The van der Waals surface area contributed by atoms with Crippen LogP contribution in [0.5, 0.6) is 0 Å². The van der Waals surface area contributed by atoms with Gasteiger partial charge in [0.05, 0.1) is 48.4 Å². The summed E-state index contributed by atoms with van der Waals surface area (Å²) in [6.07, 6.45) is -0.538. The summed E-state index contributed by atoms with van der Waals surface area (Å²) in [5.74, 6) is -8.20. The lowest BCUT2D eigenvalue weighted by atomic mass is 9.87. The van der Waals surface area contributed by atoms with Gasteiger partial charge in [0.1, 0.15) is 18.3 Å². The van der Waals surface area contributed by atoms with Gasteiger partial charge in [-0.05, 0) is 26.8 Å². The van der Waals surface area contributed by atoms with Crippen LogP contribution in [0, 0.1) is 17.0 Å². The zero-order chi connectivity index (χ0) is 32.8. The van der Waals surface area contributed by atoms with Crippen LogP contribution in [0.1, 0.15) is 37.4 Å². The van der Waals surface area contributed by atoms with E-state index in [0.29, 0.717) is 5.01 Å². The molecule has 1 aromatic heterocycles. The van der Waals surface area contributed by atoms with Gasteiger partial charge >= 0.3 is 11.9 Å². The molecule has 0 unspecified atom stereocenters. The van der Waals surface area contributed by atoms with Crippen molar-refractivity contribution >= 4 is 40.7 Å². The number of esters is 1. The fourth-order valence-electron chi connectivity index (χ4n) is 5.47. The Bertz CT molecular complexity index is 1540. The normalized spacial score (nSPS) is 24.3. The number of nitrogens with zero attached hydrogens (tertiary/aromatic N) is 4. The summed E-state index contributed by atoms with van der Waals surface area (Å²) in [6.45, 7) is 1.68. The summed E-state index contributed by atoms with van der Waals surface area (Å²) < 4.78 is 80.0. The average molecular weight is 678 g/mol. The number of hydroxylamine groups is 2. The van der Waals surface area contributed by atoms with Crippen molar-refractivity contribution in [3.05, 3.63) is 62.2 Å². The summed E-state index contributed by atoms with van der Waals surface area (Å²) >= 11 is 7.38. The number of aromatic nitrogens is 1. The number of aliphatic imine (C=N–C) groups is 1. The number of carbonyl (C=O) groups excluding carboxylic acids is 1. The molecule has 0 radical (unpaired) electrons. The SMILES string of the molecule is CCOC(=O)C1=C(CN2CC(F)(F)[C@H]3[C@@H]2CON3C[C@@H](F)C(C)(C)C(=O)O)NC(c2nccs2)=N[C@H]1c1ccc(F)c(F)c1Cl. The van der Waals surface area contributed by atoms with Crippen molar-refractivity contribution in [2.75, 3.05) is 32.8 Å². The van der Waals surface area contributed by atoms with E-state index in [0.717, 1.165) is 25.0 Å². The molecule has 3 aliphatic rings. The molecule has 1 aromatic carbocycles. The van der Waals surface area contributed by atoms with Crippen molar-refractivity contribution in [2.45, 2.75) is 51.0 Å². The number of benzene rings is 1. The van der Waals surface area contributed by atoms with Crippen molar-refractivity contribution in [1.82, 2.24) is 20.3 Å². The molecule has 0 aliphatic carbocycles. The third-order valence-corrected chi connectivity index (χ3v) is 9.22. The predicted octanol–water partition coefficient (Wildman–Crippen LogP) is 4.37. The second-order valence-electron chi connectivity index (χ2n) is 11.3.